The van der Waals surface area contributed by atoms with Crippen molar-refractivity contribution >= 4 is 9.84 Å². The molecule has 0 aliphatic carbocycles. The highest BCUT2D eigenvalue weighted by Crippen LogP contribution is 2.23. The Bertz CT molecular complexity index is 525. The molecule has 4 nitrogen and oxygen atoms in total. The van der Waals surface area contributed by atoms with Gasteiger partial charge in [0.2, 0.25) is 0 Å². The predicted octanol–water partition coefficient (Wildman–Crippen LogP) is 1.92. The Morgan fingerprint density at radius 1 is 1.30 bits per heavy atom. The lowest BCUT2D eigenvalue weighted by Gasteiger charge is -2.27. The molecule has 1 heterocycles. The lowest BCUT2D eigenvalue weighted by atomic mass is 10.0. The third-order valence-electron chi connectivity index (χ3n) is 4.03. The molecule has 0 radical (unpaired) electrons. The predicted molar refractivity (Wildman–Crippen MR) is 80.7 cm³/mol. The lowest BCUT2D eigenvalue weighted by Crippen LogP contribution is -2.43. The summed E-state index contributed by atoms with van der Waals surface area (Å²) in [6.45, 7) is 0. The molecule has 2 unspecified atom stereocenters. The van der Waals surface area contributed by atoms with E-state index in [0.717, 1.165) is 30.6 Å². The van der Waals surface area contributed by atoms with Gasteiger partial charge >= 0.3 is 0 Å². The standard InChI is InChI=1S/C15H23NO3S/c1-19-13-8-5-12(6-9-13)7-10-14(16)15-4-2-3-11-20(15,17)18/h5-6,8-9,14-15H,2-4,7,10-11,16H2,1H3. The van der Waals surface area contributed by atoms with Crippen LogP contribution in [0.4, 0.5) is 0 Å². The molecule has 5 heteroatoms. The van der Waals surface area contributed by atoms with Crippen LogP contribution in [0.3, 0.4) is 0 Å². The van der Waals surface area contributed by atoms with Crippen molar-refractivity contribution in [1.29, 1.82) is 0 Å². The average Bonchev–Trinajstić information content (AvgIpc) is 2.45. The first kappa shape index (κ1) is 15.3. The Hall–Kier alpha value is -1.07. The molecule has 1 aromatic carbocycles. The molecule has 1 aliphatic heterocycles. The van der Waals surface area contributed by atoms with Gasteiger partial charge in [0, 0.05) is 6.04 Å². The van der Waals surface area contributed by atoms with Gasteiger partial charge in [0.1, 0.15) is 5.75 Å². The van der Waals surface area contributed by atoms with Gasteiger partial charge in [-0.25, -0.2) is 8.42 Å². The van der Waals surface area contributed by atoms with Crippen LogP contribution >= 0.6 is 0 Å². The Kier molecular flexibility index (Phi) is 5.05. The zero-order valence-electron chi connectivity index (χ0n) is 11.9. The Balaban J connectivity index is 1.92. The molecule has 0 spiro atoms. The molecule has 2 atom stereocenters. The van der Waals surface area contributed by atoms with E-state index in [4.69, 9.17) is 10.5 Å². The summed E-state index contributed by atoms with van der Waals surface area (Å²) in [5.41, 5.74) is 7.29. The van der Waals surface area contributed by atoms with E-state index >= 15 is 0 Å². The maximum absolute atomic E-state index is 12.0. The molecule has 0 bridgehead atoms. The number of hydrogen-bond donors (Lipinski definition) is 1. The van der Waals surface area contributed by atoms with Crippen molar-refractivity contribution in [2.24, 2.45) is 5.73 Å². The second kappa shape index (κ2) is 6.59. The van der Waals surface area contributed by atoms with Crippen LogP contribution in [0, 0.1) is 0 Å². The normalized spacial score (nSPS) is 23.2. The number of methoxy groups -OCH3 is 1. The molecule has 0 saturated carbocycles. The molecule has 1 fully saturated rings. The van der Waals surface area contributed by atoms with Crippen molar-refractivity contribution in [3.05, 3.63) is 29.8 Å². The minimum absolute atomic E-state index is 0.262. The number of nitrogens with two attached hydrogens (primary N) is 1. The van der Waals surface area contributed by atoms with Gasteiger partial charge in [-0.1, -0.05) is 18.6 Å². The maximum Gasteiger partial charge on any atom is 0.154 e. The van der Waals surface area contributed by atoms with Gasteiger partial charge in [-0.15, -0.1) is 0 Å². The first-order valence-corrected chi connectivity index (χ1v) is 8.84. The summed E-state index contributed by atoms with van der Waals surface area (Å²) in [6, 6.07) is 7.57. The molecule has 1 saturated heterocycles. The van der Waals surface area contributed by atoms with E-state index in [9.17, 15) is 8.42 Å². The first-order chi connectivity index (χ1) is 9.53. The number of aryl methyl sites for hydroxylation is 1. The molecule has 112 valence electrons. The minimum Gasteiger partial charge on any atom is -0.497 e. The Morgan fingerprint density at radius 2 is 2.00 bits per heavy atom. The van der Waals surface area contributed by atoms with E-state index in [1.165, 1.54) is 0 Å². The van der Waals surface area contributed by atoms with Crippen LogP contribution < -0.4 is 10.5 Å². The van der Waals surface area contributed by atoms with Crippen LogP contribution in [0.5, 0.6) is 5.75 Å². The summed E-state index contributed by atoms with van der Waals surface area (Å²) in [7, 11) is -1.35. The van der Waals surface area contributed by atoms with Crippen LogP contribution in [0.15, 0.2) is 24.3 Å². The van der Waals surface area contributed by atoms with E-state index in [0.29, 0.717) is 18.6 Å². The molecule has 0 aromatic heterocycles. The minimum atomic E-state index is -2.98. The van der Waals surface area contributed by atoms with Crippen molar-refractivity contribution in [2.75, 3.05) is 12.9 Å². The molecule has 20 heavy (non-hydrogen) atoms. The number of sulfone groups is 1. The fraction of sp³-hybridized carbons (Fsp3) is 0.600. The highest BCUT2D eigenvalue weighted by atomic mass is 32.2. The van der Waals surface area contributed by atoms with Crippen LogP contribution in [-0.2, 0) is 16.3 Å². The summed E-state index contributed by atoms with van der Waals surface area (Å²) < 4.78 is 29.2. The molecule has 2 N–H and O–H groups in total. The second-order valence-corrected chi connectivity index (χ2v) is 7.79. The molecule has 1 aliphatic rings. The highest BCUT2D eigenvalue weighted by Gasteiger charge is 2.33. The molecule has 2 rings (SSSR count). The molecule has 1 aromatic rings. The molecule has 0 amide bonds. The zero-order valence-corrected chi connectivity index (χ0v) is 12.7. The maximum atomic E-state index is 12.0. The number of benzene rings is 1. The highest BCUT2D eigenvalue weighted by molar-refractivity contribution is 7.92. The van der Waals surface area contributed by atoms with Crippen molar-refractivity contribution in [3.8, 4) is 5.75 Å². The average molecular weight is 297 g/mol. The summed E-state index contributed by atoms with van der Waals surface area (Å²) in [6.07, 6.45) is 3.98. The van der Waals surface area contributed by atoms with E-state index in [-0.39, 0.29) is 11.3 Å². The number of rotatable bonds is 5. The van der Waals surface area contributed by atoms with Crippen LogP contribution in [0.2, 0.25) is 0 Å². The summed E-state index contributed by atoms with van der Waals surface area (Å²) in [5, 5.41) is -0.352. The topological polar surface area (TPSA) is 69.4 Å². The smallest absolute Gasteiger partial charge is 0.154 e. The van der Waals surface area contributed by atoms with Crippen molar-refractivity contribution in [1.82, 2.24) is 0 Å². The largest absolute Gasteiger partial charge is 0.497 e. The quantitative estimate of drug-likeness (QED) is 0.901. The van der Waals surface area contributed by atoms with E-state index < -0.39 is 9.84 Å². The second-order valence-electron chi connectivity index (χ2n) is 5.45. The Morgan fingerprint density at radius 3 is 2.60 bits per heavy atom. The fourth-order valence-electron chi connectivity index (χ4n) is 2.77. The van der Waals surface area contributed by atoms with Gasteiger partial charge in [-0.05, 0) is 43.4 Å². The van der Waals surface area contributed by atoms with Crippen LogP contribution in [0.1, 0.15) is 31.2 Å². The number of hydrogen-bond acceptors (Lipinski definition) is 4. The summed E-state index contributed by atoms with van der Waals surface area (Å²) in [5.74, 6) is 1.13. The van der Waals surface area contributed by atoms with E-state index in [1.54, 1.807) is 7.11 Å². The third-order valence-corrected chi connectivity index (χ3v) is 6.40. The van der Waals surface area contributed by atoms with Gasteiger partial charge in [0.25, 0.3) is 0 Å². The van der Waals surface area contributed by atoms with Gasteiger partial charge in [0.15, 0.2) is 9.84 Å². The monoisotopic (exact) mass is 297 g/mol. The van der Waals surface area contributed by atoms with E-state index in [1.807, 2.05) is 24.3 Å². The summed E-state index contributed by atoms with van der Waals surface area (Å²) in [4.78, 5) is 0. The van der Waals surface area contributed by atoms with Gasteiger partial charge in [-0.2, -0.15) is 0 Å². The van der Waals surface area contributed by atoms with Gasteiger partial charge in [0.05, 0.1) is 18.1 Å². The van der Waals surface area contributed by atoms with Crippen LogP contribution in [-0.4, -0.2) is 32.6 Å². The fourth-order valence-corrected chi connectivity index (χ4v) is 4.88. The zero-order chi connectivity index (χ0) is 14.6. The lowest BCUT2D eigenvalue weighted by molar-refractivity contribution is 0.414. The Labute approximate surface area is 121 Å². The van der Waals surface area contributed by atoms with Crippen molar-refractivity contribution in [3.63, 3.8) is 0 Å². The molecular formula is C15H23NO3S. The van der Waals surface area contributed by atoms with Gasteiger partial charge < -0.3 is 10.5 Å². The molecular weight excluding hydrogens is 274 g/mol. The van der Waals surface area contributed by atoms with Crippen LogP contribution in [0.25, 0.3) is 0 Å². The van der Waals surface area contributed by atoms with Crippen molar-refractivity contribution < 1.29 is 13.2 Å². The van der Waals surface area contributed by atoms with Crippen molar-refractivity contribution in [2.45, 2.75) is 43.4 Å². The summed E-state index contributed by atoms with van der Waals surface area (Å²) >= 11 is 0. The van der Waals surface area contributed by atoms with Gasteiger partial charge in [-0.3, -0.25) is 0 Å². The SMILES string of the molecule is COc1ccc(CCC(N)C2CCCCS2(=O)=O)cc1. The third kappa shape index (κ3) is 3.73. The first-order valence-electron chi connectivity index (χ1n) is 7.13. The van der Waals surface area contributed by atoms with E-state index in [2.05, 4.69) is 0 Å². The number of ether oxygens (including phenoxy) is 1.